The SMILES string of the molecule is O=C(c1c[nH]c2ccccc12)C1CCN(C(=O)C2CCCCC2)CC1. The van der Waals surface area contributed by atoms with Crippen molar-refractivity contribution >= 4 is 22.6 Å². The van der Waals surface area contributed by atoms with Crippen LogP contribution in [0.1, 0.15) is 55.3 Å². The number of nitrogens with zero attached hydrogens (tertiary/aromatic N) is 1. The van der Waals surface area contributed by atoms with Crippen molar-refractivity contribution in [3.63, 3.8) is 0 Å². The van der Waals surface area contributed by atoms with Crippen molar-refractivity contribution in [1.82, 2.24) is 9.88 Å². The number of ketones is 1. The highest BCUT2D eigenvalue weighted by Gasteiger charge is 2.32. The molecule has 2 fully saturated rings. The summed E-state index contributed by atoms with van der Waals surface area (Å²) >= 11 is 0. The number of hydrogen-bond acceptors (Lipinski definition) is 2. The van der Waals surface area contributed by atoms with Gasteiger partial charge in [0, 0.05) is 47.6 Å². The van der Waals surface area contributed by atoms with Crippen molar-refractivity contribution in [2.24, 2.45) is 11.8 Å². The first-order valence-electron chi connectivity index (χ1n) is 9.63. The highest BCUT2D eigenvalue weighted by molar-refractivity contribution is 6.08. The Labute approximate surface area is 148 Å². The third kappa shape index (κ3) is 3.22. The van der Waals surface area contributed by atoms with E-state index in [-0.39, 0.29) is 17.6 Å². The van der Waals surface area contributed by atoms with Crippen molar-refractivity contribution in [1.29, 1.82) is 0 Å². The number of fused-ring (bicyclic) bond motifs is 1. The van der Waals surface area contributed by atoms with Crippen LogP contribution in [0, 0.1) is 11.8 Å². The van der Waals surface area contributed by atoms with Crippen molar-refractivity contribution in [2.75, 3.05) is 13.1 Å². The van der Waals surface area contributed by atoms with Crippen LogP contribution in [0.4, 0.5) is 0 Å². The zero-order valence-electron chi connectivity index (χ0n) is 14.7. The van der Waals surface area contributed by atoms with Crippen LogP contribution in [0.5, 0.6) is 0 Å². The van der Waals surface area contributed by atoms with E-state index in [1.807, 2.05) is 35.4 Å². The lowest BCUT2D eigenvalue weighted by atomic mass is 9.85. The standard InChI is InChI=1S/C21H26N2O2/c24-20(18-14-22-19-9-5-4-8-17(18)19)15-10-12-23(13-11-15)21(25)16-6-2-1-3-7-16/h4-5,8-9,14-16,22H,1-3,6-7,10-13H2. The summed E-state index contributed by atoms with van der Waals surface area (Å²) in [5, 5.41) is 1.01. The van der Waals surface area contributed by atoms with Gasteiger partial charge in [0.15, 0.2) is 5.78 Å². The smallest absolute Gasteiger partial charge is 0.225 e. The van der Waals surface area contributed by atoms with E-state index in [0.717, 1.165) is 55.2 Å². The average molecular weight is 338 g/mol. The van der Waals surface area contributed by atoms with Crippen molar-refractivity contribution in [3.8, 4) is 0 Å². The molecule has 0 radical (unpaired) electrons. The van der Waals surface area contributed by atoms with E-state index in [0.29, 0.717) is 5.91 Å². The Balaban J connectivity index is 1.39. The predicted octanol–water partition coefficient (Wildman–Crippen LogP) is 4.17. The number of amides is 1. The molecular formula is C21H26N2O2. The summed E-state index contributed by atoms with van der Waals surface area (Å²) in [6.07, 6.45) is 9.16. The summed E-state index contributed by atoms with van der Waals surface area (Å²) in [5.41, 5.74) is 1.81. The Kier molecular flexibility index (Phi) is 4.60. The number of carbonyl (C=O) groups excluding carboxylic acids is 2. The van der Waals surface area contributed by atoms with Gasteiger partial charge in [-0.2, -0.15) is 0 Å². The number of Topliss-reactive ketones (excluding diaryl/α,β-unsaturated/α-hetero) is 1. The number of H-pyrrole nitrogens is 1. The van der Waals surface area contributed by atoms with Gasteiger partial charge in [0.1, 0.15) is 0 Å². The summed E-state index contributed by atoms with van der Waals surface area (Å²) in [5.74, 6) is 0.823. The number of para-hydroxylation sites is 1. The monoisotopic (exact) mass is 338 g/mol. The zero-order chi connectivity index (χ0) is 17.2. The maximum atomic E-state index is 12.9. The Morgan fingerprint density at radius 3 is 2.40 bits per heavy atom. The molecular weight excluding hydrogens is 312 g/mol. The molecule has 1 aromatic heterocycles. The minimum Gasteiger partial charge on any atom is -0.360 e. The fraction of sp³-hybridized carbons (Fsp3) is 0.524. The van der Waals surface area contributed by atoms with E-state index in [4.69, 9.17) is 0 Å². The Hall–Kier alpha value is -2.10. The molecule has 0 unspecified atom stereocenters. The molecule has 132 valence electrons. The second-order valence-electron chi connectivity index (χ2n) is 7.55. The molecule has 2 aliphatic rings. The molecule has 0 spiro atoms. The van der Waals surface area contributed by atoms with Crippen LogP contribution in [0.3, 0.4) is 0 Å². The van der Waals surface area contributed by atoms with Gasteiger partial charge in [0.05, 0.1) is 0 Å². The third-order valence-corrected chi connectivity index (χ3v) is 5.99. The molecule has 4 heteroatoms. The third-order valence-electron chi connectivity index (χ3n) is 5.99. The maximum Gasteiger partial charge on any atom is 0.225 e. The van der Waals surface area contributed by atoms with Gasteiger partial charge >= 0.3 is 0 Å². The molecule has 1 aromatic carbocycles. The molecule has 1 amide bonds. The molecule has 1 saturated heterocycles. The van der Waals surface area contributed by atoms with Gasteiger partial charge < -0.3 is 9.88 Å². The van der Waals surface area contributed by atoms with Gasteiger partial charge in [-0.3, -0.25) is 9.59 Å². The number of likely N-dealkylation sites (tertiary alicyclic amines) is 1. The molecule has 1 saturated carbocycles. The van der Waals surface area contributed by atoms with Crippen LogP contribution in [-0.2, 0) is 4.79 Å². The van der Waals surface area contributed by atoms with Crippen LogP contribution in [-0.4, -0.2) is 34.7 Å². The predicted molar refractivity (Wildman–Crippen MR) is 98.5 cm³/mol. The maximum absolute atomic E-state index is 12.9. The molecule has 2 heterocycles. The lowest BCUT2D eigenvalue weighted by Gasteiger charge is -2.34. The Morgan fingerprint density at radius 1 is 0.920 bits per heavy atom. The molecule has 25 heavy (non-hydrogen) atoms. The molecule has 2 aromatic rings. The van der Waals surface area contributed by atoms with Crippen molar-refractivity contribution in [2.45, 2.75) is 44.9 Å². The summed E-state index contributed by atoms with van der Waals surface area (Å²) in [6.45, 7) is 1.46. The zero-order valence-corrected chi connectivity index (χ0v) is 14.7. The van der Waals surface area contributed by atoms with Crippen LogP contribution < -0.4 is 0 Å². The topological polar surface area (TPSA) is 53.2 Å². The Morgan fingerprint density at radius 2 is 1.64 bits per heavy atom. The minimum atomic E-state index is 0.0367. The molecule has 4 rings (SSSR count). The minimum absolute atomic E-state index is 0.0367. The number of aromatic nitrogens is 1. The van der Waals surface area contributed by atoms with Gasteiger partial charge in [-0.25, -0.2) is 0 Å². The van der Waals surface area contributed by atoms with E-state index in [9.17, 15) is 9.59 Å². The summed E-state index contributed by atoms with van der Waals surface area (Å²) < 4.78 is 0. The van der Waals surface area contributed by atoms with Crippen molar-refractivity contribution < 1.29 is 9.59 Å². The number of benzene rings is 1. The van der Waals surface area contributed by atoms with E-state index in [1.165, 1.54) is 19.3 Å². The second kappa shape index (κ2) is 7.03. The molecule has 1 aliphatic carbocycles. The summed E-state index contributed by atoms with van der Waals surface area (Å²) in [4.78, 5) is 30.8. The lowest BCUT2D eigenvalue weighted by molar-refractivity contribution is -0.137. The fourth-order valence-corrected chi connectivity index (χ4v) is 4.47. The quantitative estimate of drug-likeness (QED) is 0.854. The van der Waals surface area contributed by atoms with Gasteiger partial charge in [-0.15, -0.1) is 0 Å². The second-order valence-corrected chi connectivity index (χ2v) is 7.55. The Bertz CT molecular complexity index is 765. The first-order chi connectivity index (χ1) is 12.2. The van der Waals surface area contributed by atoms with E-state index in [2.05, 4.69) is 4.98 Å². The van der Waals surface area contributed by atoms with E-state index in [1.54, 1.807) is 0 Å². The number of carbonyl (C=O) groups is 2. The van der Waals surface area contributed by atoms with E-state index >= 15 is 0 Å². The number of rotatable bonds is 3. The van der Waals surface area contributed by atoms with Crippen LogP contribution in [0.2, 0.25) is 0 Å². The molecule has 1 N–H and O–H groups in total. The fourth-order valence-electron chi connectivity index (χ4n) is 4.47. The molecule has 0 bridgehead atoms. The molecule has 1 aliphatic heterocycles. The van der Waals surface area contributed by atoms with E-state index < -0.39 is 0 Å². The van der Waals surface area contributed by atoms with Gasteiger partial charge in [0.25, 0.3) is 0 Å². The first-order valence-corrected chi connectivity index (χ1v) is 9.63. The summed E-state index contributed by atoms with van der Waals surface area (Å²) in [7, 11) is 0. The lowest BCUT2D eigenvalue weighted by Crippen LogP contribution is -2.43. The highest BCUT2D eigenvalue weighted by Crippen LogP contribution is 2.29. The van der Waals surface area contributed by atoms with Crippen LogP contribution >= 0.6 is 0 Å². The molecule has 0 atom stereocenters. The largest absolute Gasteiger partial charge is 0.360 e. The van der Waals surface area contributed by atoms with Crippen LogP contribution in [0.25, 0.3) is 10.9 Å². The first kappa shape index (κ1) is 16.4. The number of piperidine rings is 1. The number of nitrogens with one attached hydrogen (secondary N) is 1. The van der Waals surface area contributed by atoms with Gasteiger partial charge in [0.2, 0.25) is 5.91 Å². The normalized spacial score (nSPS) is 20.1. The van der Waals surface area contributed by atoms with Crippen molar-refractivity contribution in [3.05, 3.63) is 36.0 Å². The van der Waals surface area contributed by atoms with Gasteiger partial charge in [-0.05, 0) is 31.7 Å². The van der Waals surface area contributed by atoms with Gasteiger partial charge in [-0.1, -0.05) is 37.5 Å². The average Bonchev–Trinajstić information content (AvgIpc) is 3.12. The van der Waals surface area contributed by atoms with Crippen LogP contribution in [0.15, 0.2) is 30.5 Å². The number of aromatic amines is 1. The molecule has 4 nitrogen and oxygen atoms in total. The number of hydrogen-bond donors (Lipinski definition) is 1. The summed E-state index contributed by atoms with van der Waals surface area (Å²) in [6, 6.07) is 7.94. The highest BCUT2D eigenvalue weighted by atomic mass is 16.2.